The van der Waals surface area contributed by atoms with E-state index in [1.165, 1.54) is 36.9 Å². The number of carbonyl (C=O) groups is 1. The Bertz CT molecular complexity index is 761. The Kier molecular flexibility index (Phi) is 5.29. The maximum atomic E-state index is 13.0. The van der Waals surface area contributed by atoms with Crippen molar-refractivity contribution in [2.45, 2.75) is 63.8 Å². The average molecular weight is 404 g/mol. The van der Waals surface area contributed by atoms with Crippen LogP contribution in [0.1, 0.15) is 57.1 Å². The maximum absolute atomic E-state index is 13.0. The summed E-state index contributed by atoms with van der Waals surface area (Å²) in [6.45, 7) is 6.96. The highest BCUT2D eigenvalue weighted by Gasteiger charge is 2.59. The fourth-order valence-electron chi connectivity index (χ4n) is 6.86. The van der Waals surface area contributed by atoms with Crippen LogP contribution in [0, 0.1) is 23.7 Å². The number of likely N-dealkylation sites (tertiary alicyclic amines) is 1. The lowest BCUT2D eigenvalue weighted by Gasteiger charge is -2.62. The van der Waals surface area contributed by atoms with E-state index < -0.39 is 0 Å². The van der Waals surface area contributed by atoms with Gasteiger partial charge in [-0.25, -0.2) is 0 Å². The number of nitrogens with zero attached hydrogens (tertiary/aromatic N) is 1. The number of ether oxygens (including phenoxy) is 1. The first-order valence-corrected chi connectivity index (χ1v) is 11.0. The van der Waals surface area contributed by atoms with Crippen LogP contribution in [-0.2, 0) is 16.6 Å². The quantitative estimate of drug-likeness (QED) is 0.735. The van der Waals surface area contributed by atoms with Gasteiger partial charge in [0.1, 0.15) is 11.5 Å². The second-order valence-corrected chi connectivity index (χ2v) is 9.81. The molecule has 154 valence electrons. The number of Topliss-reactive ketones (excluding diaryl/α,β-unsaturated/α-hetero) is 1. The molecule has 0 N–H and O–H groups in total. The lowest BCUT2D eigenvalue weighted by Crippen LogP contribution is -2.65. The Labute approximate surface area is 175 Å². The zero-order valence-corrected chi connectivity index (χ0v) is 18.3. The maximum Gasteiger partial charge on any atom is 0.136 e. The number of fused-ring (bicyclic) bond motifs is 1. The van der Waals surface area contributed by atoms with Gasteiger partial charge in [-0.05, 0) is 73.2 Å². The Balaban J connectivity index is 0.00000192. The first kappa shape index (κ1) is 20.2. The van der Waals surface area contributed by atoms with Crippen molar-refractivity contribution < 1.29 is 9.53 Å². The molecule has 0 amide bonds. The number of benzene rings is 1. The zero-order valence-electron chi connectivity index (χ0n) is 17.4. The highest BCUT2D eigenvalue weighted by Crippen LogP contribution is 2.58. The molecule has 2 unspecified atom stereocenters. The first-order chi connectivity index (χ1) is 13.0. The van der Waals surface area contributed by atoms with Crippen LogP contribution >= 0.6 is 12.4 Å². The summed E-state index contributed by atoms with van der Waals surface area (Å²) in [6, 6.07) is 7.25. The van der Waals surface area contributed by atoms with Gasteiger partial charge in [-0.1, -0.05) is 26.3 Å². The molecule has 1 aromatic carbocycles. The Morgan fingerprint density at radius 1 is 1.25 bits per heavy atom. The second-order valence-electron chi connectivity index (χ2n) is 9.81. The molecule has 2 bridgehead atoms. The number of hydrogen-bond donors (Lipinski definition) is 0. The summed E-state index contributed by atoms with van der Waals surface area (Å²) < 4.78 is 5.57. The van der Waals surface area contributed by atoms with E-state index >= 15 is 0 Å². The third-order valence-electron chi connectivity index (χ3n) is 8.72. The number of hydrogen-bond acceptors (Lipinski definition) is 3. The van der Waals surface area contributed by atoms with Crippen LogP contribution in [0.4, 0.5) is 0 Å². The summed E-state index contributed by atoms with van der Waals surface area (Å²) in [6.07, 6.45) is 7.25. The van der Waals surface area contributed by atoms with E-state index in [4.69, 9.17) is 4.74 Å². The van der Waals surface area contributed by atoms with Crippen molar-refractivity contribution in [1.82, 2.24) is 4.90 Å². The van der Waals surface area contributed by atoms with Crippen molar-refractivity contribution in [1.29, 1.82) is 0 Å². The molecule has 3 fully saturated rings. The second kappa shape index (κ2) is 7.32. The van der Waals surface area contributed by atoms with E-state index in [2.05, 4.69) is 36.9 Å². The number of halogens is 1. The van der Waals surface area contributed by atoms with Gasteiger partial charge in [-0.15, -0.1) is 12.4 Å². The molecule has 1 aliphatic heterocycles. The molecule has 1 heterocycles. The van der Waals surface area contributed by atoms with Gasteiger partial charge in [0.25, 0.3) is 0 Å². The van der Waals surface area contributed by atoms with Crippen molar-refractivity contribution in [2.24, 2.45) is 23.7 Å². The molecule has 0 spiro atoms. The van der Waals surface area contributed by atoms with Crippen molar-refractivity contribution in [3.8, 4) is 5.75 Å². The van der Waals surface area contributed by atoms with Crippen molar-refractivity contribution in [2.75, 3.05) is 20.2 Å². The Morgan fingerprint density at radius 3 is 2.71 bits per heavy atom. The van der Waals surface area contributed by atoms with Gasteiger partial charge >= 0.3 is 0 Å². The average Bonchev–Trinajstić information content (AvgIpc) is 2.63. The molecule has 5 atom stereocenters. The van der Waals surface area contributed by atoms with Gasteiger partial charge in [0, 0.05) is 30.3 Å². The van der Waals surface area contributed by atoms with Gasteiger partial charge in [-0.2, -0.15) is 0 Å². The normalized spacial score (nSPS) is 37.3. The highest BCUT2D eigenvalue weighted by molar-refractivity contribution is 5.85. The summed E-state index contributed by atoms with van der Waals surface area (Å²) in [5, 5.41) is 0. The third-order valence-corrected chi connectivity index (χ3v) is 8.72. The van der Waals surface area contributed by atoms with E-state index in [-0.39, 0.29) is 23.7 Å². The van der Waals surface area contributed by atoms with E-state index in [0.717, 1.165) is 37.5 Å². The molecule has 3 aliphatic carbocycles. The molecule has 0 aromatic heterocycles. The molecule has 28 heavy (non-hydrogen) atoms. The van der Waals surface area contributed by atoms with E-state index in [9.17, 15) is 4.79 Å². The van der Waals surface area contributed by atoms with E-state index in [1.54, 1.807) is 7.11 Å². The minimum Gasteiger partial charge on any atom is -0.497 e. The minimum absolute atomic E-state index is 0. The monoisotopic (exact) mass is 403 g/mol. The first-order valence-electron chi connectivity index (χ1n) is 11.0. The minimum atomic E-state index is 0. The predicted octanol–water partition coefficient (Wildman–Crippen LogP) is 4.65. The molecule has 2 saturated carbocycles. The standard InChI is InChI=1S/C24H33NO2.ClH/c1-15-16(2)23-21-11-18-7-8-19(27-3)12-20(18)24(23,13-22(15)26)9-10-25(21)14-17-5-4-6-17;/h7-8,12,15-17,21,23H,4-6,9-11,13-14H2,1-3H3;1H/t15-,16-,21?,23-,24?;/m1./s1. The fraction of sp³-hybridized carbons (Fsp3) is 0.708. The van der Waals surface area contributed by atoms with Crippen molar-refractivity contribution >= 4 is 18.2 Å². The zero-order chi connectivity index (χ0) is 18.8. The molecule has 1 saturated heterocycles. The van der Waals surface area contributed by atoms with Crippen LogP contribution in [-0.4, -0.2) is 36.9 Å². The topological polar surface area (TPSA) is 29.5 Å². The summed E-state index contributed by atoms with van der Waals surface area (Å²) in [5.41, 5.74) is 2.93. The van der Waals surface area contributed by atoms with Crippen molar-refractivity contribution in [3.05, 3.63) is 29.3 Å². The van der Waals surface area contributed by atoms with Gasteiger partial charge < -0.3 is 4.74 Å². The van der Waals surface area contributed by atoms with Gasteiger partial charge in [0.15, 0.2) is 0 Å². The lowest BCUT2D eigenvalue weighted by atomic mass is 9.47. The smallest absolute Gasteiger partial charge is 0.136 e. The summed E-state index contributed by atoms with van der Waals surface area (Å²) in [7, 11) is 1.75. The molecule has 1 aromatic rings. The molecule has 0 radical (unpaired) electrons. The van der Waals surface area contributed by atoms with Gasteiger partial charge in [0.2, 0.25) is 0 Å². The van der Waals surface area contributed by atoms with E-state index in [0.29, 0.717) is 23.7 Å². The van der Waals surface area contributed by atoms with Crippen LogP contribution in [0.25, 0.3) is 0 Å². The number of piperidine rings is 1. The summed E-state index contributed by atoms with van der Waals surface area (Å²) >= 11 is 0. The number of methoxy groups -OCH3 is 1. The fourth-order valence-corrected chi connectivity index (χ4v) is 6.86. The third kappa shape index (κ3) is 2.84. The largest absolute Gasteiger partial charge is 0.497 e. The predicted molar refractivity (Wildman–Crippen MR) is 114 cm³/mol. The Morgan fingerprint density at radius 2 is 2.04 bits per heavy atom. The Hall–Kier alpha value is -1.06. The van der Waals surface area contributed by atoms with Crippen LogP contribution in [0.15, 0.2) is 18.2 Å². The molecule has 3 nitrogen and oxygen atoms in total. The summed E-state index contributed by atoms with van der Waals surface area (Å²) in [5.74, 6) is 3.57. The van der Waals surface area contributed by atoms with Crippen LogP contribution < -0.4 is 4.74 Å². The van der Waals surface area contributed by atoms with E-state index in [1.807, 2.05) is 0 Å². The molecular formula is C24H34ClNO2. The van der Waals surface area contributed by atoms with Gasteiger partial charge in [-0.3, -0.25) is 9.69 Å². The molecule has 5 rings (SSSR count). The highest BCUT2D eigenvalue weighted by atomic mass is 35.5. The molecule has 4 heteroatoms. The summed E-state index contributed by atoms with van der Waals surface area (Å²) in [4.78, 5) is 15.8. The van der Waals surface area contributed by atoms with Crippen LogP contribution in [0.5, 0.6) is 5.75 Å². The van der Waals surface area contributed by atoms with Crippen LogP contribution in [0.2, 0.25) is 0 Å². The van der Waals surface area contributed by atoms with Crippen molar-refractivity contribution in [3.63, 3.8) is 0 Å². The number of rotatable bonds is 3. The molecular weight excluding hydrogens is 370 g/mol. The number of carbonyl (C=O) groups excluding carboxylic acids is 1. The number of ketones is 1. The lowest BCUT2D eigenvalue weighted by molar-refractivity contribution is -0.138. The van der Waals surface area contributed by atoms with Gasteiger partial charge in [0.05, 0.1) is 7.11 Å². The SMILES string of the molecule is COc1ccc2c(c1)C13CCN(CC4CCC4)C(C2)[C@H]1[C@H](C)[C@@H](C)C(=O)C3.Cl. The van der Waals surface area contributed by atoms with Crippen LogP contribution in [0.3, 0.4) is 0 Å². The molecule has 4 aliphatic rings.